The second-order valence-electron chi connectivity index (χ2n) is 6.44. The standard InChI is InChI=1S/C21H23FN4O/c1-16-24-25-20(26(16)19-7-3-2-4-8-19)9-5-6-10-21(27)23-15-17-11-13-18(22)14-12-17/h2-4,7-8,11-14H,5-6,9-10,15H2,1H3,(H,23,27). The first-order valence-electron chi connectivity index (χ1n) is 9.11. The number of aryl methyl sites for hydroxylation is 2. The molecule has 27 heavy (non-hydrogen) atoms. The zero-order valence-corrected chi connectivity index (χ0v) is 15.4. The van der Waals surface area contributed by atoms with Crippen LogP contribution in [0.15, 0.2) is 54.6 Å². The number of halogens is 1. The number of hydrogen-bond acceptors (Lipinski definition) is 3. The van der Waals surface area contributed by atoms with E-state index in [0.717, 1.165) is 42.2 Å². The van der Waals surface area contributed by atoms with Gasteiger partial charge in [0.05, 0.1) is 0 Å². The normalized spacial score (nSPS) is 10.7. The van der Waals surface area contributed by atoms with Crippen molar-refractivity contribution in [3.05, 3.63) is 77.6 Å². The summed E-state index contributed by atoms with van der Waals surface area (Å²) in [5.74, 6) is 1.49. The van der Waals surface area contributed by atoms with Crippen LogP contribution in [0.2, 0.25) is 0 Å². The molecule has 140 valence electrons. The summed E-state index contributed by atoms with van der Waals surface area (Å²) in [7, 11) is 0. The van der Waals surface area contributed by atoms with Crippen molar-refractivity contribution in [3.8, 4) is 5.69 Å². The number of hydrogen-bond donors (Lipinski definition) is 1. The molecule has 0 aliphatic heterocycles. The molecule has 0 aliphatic rings. The van der Waals surface area contributed by atoms with Crippen LogP contribution in [-0.4, -0.2) is 20.7 Å². The summed E-state index contributed by atoms with van der Waals surface area (Å²) in [4.78, 5) is 12.0. The Labute approximate surface area is 158 Å². The number of nitrogens with one attached hydrogen (secondary N) is 1. The minimum Gasteiger partial charge on any atom is -0.352 e. The molecular formula is C21H23FN4O. The molecule has 0 spiro atoms. The lowest BCUT2D eigenvalue weighted by Crippen LogP contribution is -2.22. The van der Waals surface area contributed by atoms with Gasteiger partial charge in [0.2, 0.25) is 5.91 Å². The van der Waals surface area contributed by atoms with E-state index in [1.54, 1.807) is 12.1 Å². The van der Waals surface area contributed by atoms with E-state index in [1.165, 1.54) is 12.1 Å². The highest BCUT2D eigenvalue weighted by Gasteiger charge is 2.10. The van der Waals surface area contributed by atoms with Crippen LogP contribution < -0.4 is 5.32 Å². The lowest BCUT2D eigenvalue weighted by molar-refractivity contribution is -0.121. The number of nitrogens with zero attached hydrogens (tertiary/aromatic N) is 3. The molecule has 1 amide bonds. The first kappa shape index (κ1) is 18.8. The number of carbonyl (C=O) groups is 1. The molecule has 3 rings (SSSR count). The first-order chi connectivity index (χ1) is 13.1. The Morgan fingerprint density at radius 2 is 1.78 bits per heavy atom. The van der Waals surface area contributed by atoms with Crippen molar-refractivity contribution >= 4 is 5.91 Å². The third-order valence-electron chi connectivity index (χ3n) is 4.36. The Kier molecular flexibility index (Phi) is 6.30. The number of unbranched alkanes of at least 4 members (excludes halogenated alkanes) is 1. The highest BCUT2D eigenvalue weighted by Crippen LogP contribution is 2.14. The molecule has 2 aromatic carbocycles. The molecule has 1 N–H and O–H groups in total. The van der Waals surface area contributed by atoms with E-state index in [1.807, 2.05) is 37.3 Å². The number of amides is 1. The van der Waals surface area contributed by atoms with Gasteiger partial charge in [0, 0.05) is 25.1 Å². The Morgan fingerprint density at radius 3 is 2.52 bits per heavy atom. The van der Waals surface area contributed by atoms with Crippen LogP contribution in [0.25, 0.3) is 5.69 Å². The molecule has 5 nitrogen and oxygen atoms in total. The summed E-state index contributed by atoms with van der Waals surface area (Å²) in [6.07, 6.45) is 2.85. The van der Waals surface area contributed by atoms with Crippen molar-refractivity contribution in [1.29, 1.82) is 0 Å². The smallest absolute Gasteiger partial charge is 0.220 e. The van der Waals surface area contributed by atoms with Crippen LogP contribution in [0.5, 0.6) is 0 Å². The SMILES string of the molecule is Cc1nnc(CCCCC(=O)NCc2ccc(F)cc2)n1-c1ccccc1. The highest BCUT2D eigenvalue weighted by atomic mass is 19.1. The Hall–Kier alpha value is -3.02. The Balaban J connectivity index is 1.44. The highest BCUT2D eigenvalue weighted by molar-refractivity contribution is 5.75. The lowest BCUT2D eigenvalue weighted by atomic mass is 10.1. The zero-order valence-electron chi connectivity index (χ0n) is 15.4. The van der Waals surface area contributed by atoms with Gasteiger partial charge in [-0.05, 0) is 49.6 Å². The molecule has 0 radical (unpaired) electrons. The minimum absolute atomic E-state index is 0.0000294. The molecule has 0 fully saturated rings. The summed E-state index contributed by atoms with van der Waals surface area (Å²) >= 11 is 0. The second-order valence-corrected chi connectivity index (χ2v) is 6.44. The minimum atomic E-state index is -0.274. The van der Waals surface area contributed by atoms with E-state index >= 15 is 0 Å². The van der Waals surface area contributed by atoms with Crippen LogP contribution in [0, 0.1) is 12.7 Å². The van der Waals surface area contributed by atoms with Crippen LogP contribution >= 0.6 is 0 Å². The van der Waals surface area contributed by atoms with E-state index in [2.05, 4.69) is 20.1 Å². The third kappa shape index (κ3) is 5.23. The third-order valence-corrected chi connectivity index (χ3v) is 4.36. The average Bonchev–Trinajstić information content (AvgIpc) is 3.06. The first-order valence-corrected chi connectivity index (χ1v) is 9.11. The maximum atomic E-state index is 12.9. The van der Waals surface area contributed by atoms with Crippen molar-refractivity contribution in [3.63, 3.8) is 0 Å². The van der Waals surface area contributed by atoms with Crippen molar-refractivity contribution in [2.45, 2.75) is 39.2 Å². The zero-order chi connectivity index (χ0) is 19.1. The van der Waals surface area contributed by atoms with E-state index < -0.39 is 0 Å². The fraction of sp³-hybridized carbons (Fsp3) is 0.286. The maximum Gasteiger partial charge on any atom is 0.220 e. The number of para-hydroxylation sites is 1. The molecule has 0 unspecified atom stereocenters. The van der Waals surface area contributed by atoms with Gasteiger partial charge in [-0.15, -0.1) is 10.2 Å². The summed E-state index contributed by atoms with van der Waals surface area (Å²) in [5, 5.41) is 11.3. The quantitative estimate of drug-likeness (QED) is 0.618. The van der Waals surface area contributed by atoms with Gasteiger partial charge in [0.25, 0.3) is 0 Å². The van der Waals surface area contributed by atoms with Crippen LogP contribution in [0.3, 0.4) is 0 Å². The van der Waals surface area contributed by atoms with Gasteiger partial charge in [-0.1, -0.05) is 30.3 Å². The van der Waals surface area contributed by atoms with Crippen molar-refractivity contribution in [2.24, 2.45) is 0 Å². The number of aromatic nitrogens is 3. The van der Waals surface area contributed by atoms with Gasteiger partial charge in [-0.2, -0.15) is 0 Å². The number of benzene rings is 2. The van der Waals surface area contributed by atoms with Crippen LogP contribution in [0.4, 0.5) is 4.39 Å². The van der Waals surface area contributed by atoms with E-state index in [-0.39, 0.29) is 11.7 Å². The van der Waals surface area contributed by atoms with E-state index in [4.69, 9.17) is 0 Å². The van der Waals surface area contributed by atoms with Gasteiger partial charge >= 0.3 is 0 Å². The van der Waals surface area contributed by atoms with Crippen molar-refractivity contribution < 1.29 is 9.18 Å². The monoisotopic (exact) mass is 366 g/mol. The van der Waals surface area contributed by atoms with Gasteiger partial charge in [-0.25, -0.2) is 4.39 Å². The van der Waals surface area contributed by atoms with Crippen molar-refractivity contribution in [2.75, 3.05) is 0 Å². The molecule has 1 aromatic heterocycles. The van der Waals surface area contributed by atoms with Gasteiger partial charge in [0.15, 0.2) is 0 Å². The van der Waals surface area contributed by atoms with Gasteiger partial charge in [0.1, 0.15) is 17.5 Å². The molecule has 0 saturated heterocycles. The van der Waals surface area contributed by atoms with E-state index in [9.17, 15) is 9.18 Å². The van der Waals surface area contributed by atoms with E-state index in [0.29, 0.717) is 13.0 Å². The Morgan fingerprint density at radius 1 is 1.04 bits per heavy atom. The fourth-order valence-corrected chi connectivity index (χ4v) is 2.94. The van der Waals surface area contributed by atoms with Crippen LogP contribution in [0.1, 0.15) is 36.5 Å². The molecule has 0 atom stereocenters. The summed E-state index contributed by atoms with van der Waals surface area (Å²) in [6, 6.07) is 16.2. The fourth-order valence-electron chi connectivity index (χ4n) is 2.94. The molecule has 3 aromatic rings. The summed E-state index contributed by atoms with van der Waals surface area (Å²) in [6.45, 7) is 2.35. The molecule has 6 heteroatoms. The largest absolute Gasteiger partial charge is 0.352 e. The molecule has 0 saturated carbocycles. The summed E-state index contributed by atoms with van der Waals surface area (Å²) in [5.41, 5.74) is 1.93. The van der Waals surface area contributed by atoms with Gasteiger partial charge < -0.3 is 5.32 Å². The topological polar surface area (TPSA) is 59.8 Å². The number of rotatable bonds is 8. The number of carbonyl (C=O) groups excluding carboxylic acids is 1. The Bertz CT molecular complexity index is 875. The molecule has 0 bridgehead atoms. The average molecular weight is 366 g/mol. The predicted octanol–water partition coefficient (Wildman–Crippen LogP) is 3.74. The van der Waals surface area contributed by atoms with Crippen LogP contribution in [-0.2, 0) is 17.8 Å². The maximum absolute atomic E-state index is 12.9. The van der Waals surface area contributed by atoms with Gasteiger partial charge in [-0.3, -0.25) is 9.36 Å². The molecule has 1 heterocycles. The summed E-state index contributed by atoms with van der Waals surface area (Å²) < 4.78 is 14.9. The molecular weight excluding hydrogens is 343 g/mol. The van der Waals surface area contributed by atoms with Crippen molar-refractivity contribution in [1.82, 2.24) is 20.1 Å². The predicted molar refractivity (Wildman–Crippen MR) is 102 cm³/mol. The lowest BCUT2D eigenvalue weighted by Gasteiger charge is -2.08. The second kappa shape index (κ2) is 9.07. The molecule has 0 aliphatic carbocycles.